The van der Waals surface area contributed by atoms with Crippen molar-refractivity contribution >= 4 is 44.8 Å². The van der Waals surface area contributed by atoms with Crippen molar-refractivity contribution < 1.29 is 13.2 Å². The van der Waals surface area contributed by atoms with Crippen molar-refractivity contribution in [1.29, 1.82) is 0 Å². The number of carbonyl (C=O) groups excluding carboxylic acids is 1. The number of benzene rings is 1. The van der Waals surface area contributed by atoms with Crippen molar-refractivity contribution in [3.8, 4) is 0 Å². The first-order valence-electron chi connectivity index (χ1n) is 5.40. The maximum Gasteiger partial charge on any atom is 0.258 e. The SMILES string of the molecule is NS(=O)(=O)c1ccc(NC(=O)c2cc(Cl)nnc2Cl)cc1. The number of primary sulfonamides is 1. The molecule has 0 fully saturated rings. The molecule has 1 aromatic carbocycles. The summed E-state index contributed by atoms with van der Waals surface area (Å²) in [5, 5.41) is 14.4. The van der Waals surface area contributed by atoms with Crippen LogP contribution < -0.4 is 10.5 Å². The quantitative estimate of drug-likeness (QED) is 0.877. The van der Waals surface area contributed by atoms with Crippen LogP contribution in [-0.4, -0.2) is 24.5 Å². The highest BCUT2D eigenvalue weighted by Crippen LogP contribution is 2.18. The second-order valence-electron chi connectivity index (χ2n) is 3.90. The lowest BCUT2D eigenvalue weighted by molar-refractivity contribution is 0.102. The van der Waals surface area contributed by atoms with Gasteiger partial charge in [0.05, 0.1) is 10.5 Å². The number of halogens is 2. The van der Waals surface area contributed by atoms with E-state index >= 15 is 0 Å². The van der Waals surface area contributed by atoms with Gasteiger partial charge >= 0.3 is 0 Å². The number of carbonyl (C=O) groups is 1. The van der Waals surface area contributed by atoms with E-state index < -0.39 is 15.9 Å². The average molecular weight is 347 g/mol. The van der Waals surface area contributed by atoms with Crippen molar-refractivity contribution in [2.24, 2.45) is 5.14 Å². The molecule has 0 saturated carbocycles. The zero-order valence-electron chi connectivity index (χ0n) is 10.2. The largest absolute Gasteiger partial charge is 0.322 e. The first kappa shape index (κ1) is 15.6. The molecule has 1 amide bonds. The lowest BCUT2D eigenvalue weighted by Gasteiger charge is -2.07. The molecule has 0 unspecified atom stereocenters. The number of nitrogens with two attached hydrogens (primary N) is 1. The van der Waals surface area contributed by atoms with Gasteiger partial charge in [-0.05, 0) is 30.3 Å². The number of aromatic nitrogens is 2. The Kier molecular flexibility index (Phi) is 4.43. The van der Waals surface area contributed by atoms with Gasteiger partial charge in [0.1, 0.15) is 0 Å². The third kappa shape index (κ3) is 3.88. The summed E-state index contributed by atoms with van der Waals surface area (Å²) in [5.74, 6) is -0.555. The van der Waals surface area contributed by atoms with Gasteiger partial charge in [0.2, 0.25) is 10.0 Å². The summed E-state index contributed by atoms with van der Waals surface area (Å²) in [5.41, 5.74) is 0.406. The Morgan fingerprint density at radius 2 is 1.76 bits per heavy atom. The molecule has 2 rings (SSSR count). The molecule has 21 heavy (non-hydrogen) atoms. The van der Waals surface area contributed by atoms with Crippen molar-refractivity contribution in [3.63, 3.8) is 0 Å². The fourth-order valence-electron chi connectivity index (χ4n) is 1.44. The van der Waals surface area contributed by atoms with Gasteiger partial charge in [0, 0.05) is 5.69 Å². The summed E-state index contributed by atoms with van der Waals surface area (Å²) >= 11 is 11.4. The topological polar surface area (TPSA) is 115 Å². The van der Waals surface area contributed by atoms with Gasteiger partial charge in [-0.15, -0.1) is 10.2 Å². The summed E-state index contributed by atoms with van der Waals surface area (Å²) in [7, 11) is -3.78. The Bertz CT molecular complexity index is 794. The molecular weight excluding hydrogens is 339 g/mol. The Morgan fingerprint density at radius 3 is 2.33 bits per heavy atom. The fraction of sp³-hybridized carbons (Fsp3) is 0. The van der Waals surface area contributed by atoms with Crippen molar-refractivity contribution in [1.82, 2.24) is 10.2 Å². The first-order valence-corrected chi connectivity index (χ1v) is 7.70. The molecule has 0 spiro atoms. The summed E-state index contributed by atoms with van der Waals surface area (Å²) in [6.45, 7) is 0. The Labute approximate surface area is 130 Å². The van der Waals surface area contributed by atoms with E-state index in [4.69, 9.17) is 28.3 Å². The summed E-state index contributed by atoms with van der Waals surface area (Å²) in [6.07, 6.45) is 0. The number of sulfonamides is 1. The standard InChI is InChI=1S/C11H8Cl2N4O3S/c12-9-5-8(10(13)17-16-9)11(18)15-6-1-3-7(4-2-6)21(14,19)20/h1-5H,(H,15,18)(H2,14,19,20). The maximum absolute atomic E-state index is 12.0. The van der Waals surface area contributed by atoms with Crippen molar-refractivity contribution in [2.45, 2.75) is 4.90 Å². The number of nitrogens with one attached hydrogen (secondary N) is 1. The summed E-state index contributed by atoms with van der Waals surface area (Å²) < 4.78 is 22.2. The molecule has 3 N–H and O–H groups in total. The number of amides is 1. The van der Waals surface area contributed by atoms with E-state index in [1.54, 1.807) is 0 Å². The van der Waals surface area contributed by atoms with Crippen LogP contribution in [0.2, 0.25) is 10.3 Å². The van der Waals surface area contributed by atoms with Crippen LogP contribution in [0.5, 0.6) is 0 Å². The van der Waals surface area contributed by atoms with Crippen LogP contribution in [0.15, 0.2) is 35.2 Å². The molecule has 0 bridgehead atoms. The Hall–Kier alpha value is -1.74. The third-order valence-electron chi connectivity index (χ3n) is 2.40. The lowest BCUT2D eigenvalue weighted by atomic mass is 10.2. The predicted molar refractivity (Wildman–Crippen MR) is 77.8 cm³/mol. The smallest absolute Gasteiger partial charge is 0.258 e. The molecule has 0 radical (unpaired) electrons. The average Bonchev–Trinajstić information content (AvgIpc) is 2.41. The number of anilines is 1. The van der Waals surface area contributed by atoms with Gasteiger partial charge < -0.3 is 5.32 Å². The van der Waals surface area contributed by atoms with Gasteiger partial charge in [0.25, 0.3) is 5.91 Å². The zero-order valence-corrected chi connectivity index (χ0v) is 12.6. The maximum atomic E-state index is 12.0. The first-order chi connectivity index (χ1) is 9.77. The molecule has 0 aliphatic carbocycles. The minimum atomic E-state index is -3.78. The van der Waals surface area contributed by atoms with Crippen LogP contribution in [-0.2, 0) is 10.0 Å². The van der Waals surface area contributed by atoms with Crippen LogP contribution >= 0.6 is 23.2 Å². The van der Waals surface area contributed by atoms with E-state index in [-0.39, 0.29) is 20.8 Å². The molecule has 1 heterocycles. The molecule has 0 saturated heterocycles. The van der Waals surface area contributed by atoms with E-state index in [1.807, 2.05) is 0 Å². The highest BCUT2D eigenvalue weighted by atomic mass is 35.5. The van der Waals surface area contributed by atoms with Gasteiger partial charge in [-0.2, -0.15) is 0 Å². The summed E-state index contributed by atoms with van der Waals surface area (Å²) in [6, 6.07) is 6.59. The van der Waals surface area contributed by atoms with Gasteiger partial charge in [-0.1, -0.05) is 23.2 Å². The second kappa shape index (κ2) is 5.94. The molecule has 0 atom stereocenters. The molecule has 10 heteroatoms. The molecular formula is C11H8Cl2N4O3S. The highest BCUT2D eigenvalue weighted by Gasteiger charge is 2.14. The van der Waals surface area contributed by atoms with Gasteiger partial charge in [0.15, 0.2) is 10.3 Å². The van der Waals surface area contributed by atoms with E-state index in [0.29, 0.717) is 5.69 Å². The van der Waals surface area contributed by atoms with Crippen LogP contribution in [0.3, 0.4) is 0 Å². The normalized spacial score (nSPS) is 11.2. The molecule has 110 valence electrons. The van der Waals surface area contributed by atoms with Crippen LogP contribution in [0.4, 0.5) is 5.69 Å². The van der Waals surface area contributed by atoms with Crippen molar-refractivity contribution in [2.75, 3.05) is 5.32 Å². The zero-order chi connectivity index (χ0) is 15.6. The fourth-order valence-corrected chi connectivity index (χ4v) is 2.28. The van der Waals surface area contributed by atoms with Crippen LogP contribution in [0.25, 0.3) is 0 Å². The predicted octanol–water partition coefficient (Wildman–Crippen LogP) is 1.68. The number of hydrogen-bond donors (Lipinski definition) is 2. The lowest BCUT2D eigenvalue weighted by Crippen LogP contribution is -2.14. The molecule has 1 aromatic heterocycles. The van der Waals surface area contributed by atoms with E-state index in [9.17, 15) is 13.2 Å². The minimum absolute atomic E-state index is 0.0223. The van der Waals surface area contributed by atoms with E-state index in [1.165, 1.54) is 30.3 Å². The van der Waals surface area contributed by atoms with Crippen LogP contribution in [0, 0.1) is 0 Å². The van der Waals surface area contributed by atoms with E-state index in [2.05, 4.69) is 15.5 Å². The number of nitrogens with zero attached hydrogens (tertiary/aromatic N) is 2. The Morgan fingerprint density at radius 1 is 1.14 bits per heavy atom. The minimum Gasteiger partial charge on any atom is -0.322 e. The molecule has 2 aromatic rings. The second-order valence-corrected chi connectivity index (χ2v) is 6.20. The molecule has 0 aliphatic heterocycles. The molecule has 7 nitrogen and oxygen atoms in total. The van der Waals surface area contributed by atoms with Gasteiger partial charge in [-0.3, -0.25) is 4.79 Å². The van der Waals surface area contributed by atoms with Gasteiger partial charge in [-0.25, -0.2) is 13.6 Å². The number of hydrogen-bond acceptors (Lipinski definition) is 5. The number of rotatable bonds is 3. The summed E-state index contributed by atoms with van der Waals surface area (Å²) in [4.78, 5) is 11.9. The third-order valence-corrected chi connectivity index (χ3v) is 3.80. The molecule has 0 aliphatic rings. The highest BCUT2D eigenvalue weighted by molar-refractivity contribution is 7.89. The monoisotopic (exact) mass is 346 g/mol. The van der Waals surface area contributed by atoms with Crippen LogP contribution in [0.1, 0.15) is 10.4 Å². The van der Waals surface area contributed by atoms with E-state index in [0.717, 1.165) is 0 Å². The Balaban J connectivity index is 2.22. The van der Waals surface area contributed by atoms with Crippen molar-refractivity contribution in [3.05, 3.63) is 46.2 Å².